The SMILES string of the molecule is CCCCC(CC)CC(CC(CC)CCCC)C(O)CO. The lowest BCUT2D eigenvalue weighted by atomic mass is 9.79. The van der Waals surface area contributed by atoms with Crippen LogP contribution in [0.2, 0.25) is 0 Å². The molecule has 0 amide bonds. The summed E-state index contributed by atoms with van der Waals surface area (Å²) in [6.07, 6.45) is 11.6. The number of hydrogen-bond acceptors (Lipinski definition) is 2. The number of hydrogen-bond donors (Lipinski definition) is 2. The molecule has 0 heterocycles. The molecule has 0 bridgehead atoms. The van der Waals surface area contributed by atoms with Crippen LogP contribution in [0.25, 0.3) is 0 Å². The van der Waals surface area contributed by atoms with E-state index in [-0.39, 0.29) is 12.5 Å². The van der Waals surface area contributed by atoms with Gasteiger partial charge in [0.05, 0.1) is 12.7 Å². The highest BCUT2D eigenvalue weighted by Gasteiger charge is 2.24. The largest absolute Gasteiger partial charge is 0.394 e. The lowest BCUT2D eigenvalue weighted by Crippen LogP contribution is -2.28. The van der Waals surface area contributed by atoms with Crippen molar-refractivity contribution in [3.63, 3.8) is 0 Å². The van der Waals surface area contributed by atoms with E-state index in [0.717, 1.165) is 12.8 Å². The van der Waals surface area contributed by atoms with Crippen LogP contribution in [0, 0.1) is 17.8 Å². The van der Waals surface area contributed by atoms with E-state index in [1.54, 1.807) is 0 Å². The van der Waals surface area contributed by atoms with Crippen molar-refractivity contribution in [2.75, 3.05) is 6.61 Å². The molecule has 0 aliphatic carbocycles. The van der Waals surface area contributed by atoms with Crippen LogP contribution in [0.1, 0.15) is 91.9 Å². The van der Waals surface area contributed by atoms with Gasteiger partial charge in [0.15, 0.2) is 0 Å². The third-order valence-electron chi connectivity index (χ3n) is 5.09. The monoisotopic (exact) mass is 300 g/mol. The molecular formula is C19H40O2. The molecular weight excluding hydrogens is 260 g/mol. The number of aliphatic hydroxyl groups excluding tert-OH is 2. The molecule has 3 atom stereocenters. The van der Waals surface area contributed by atoms with E-state index >= 15 is 0 Å². The van der Waals surface area contributed by atoms with E-state index in [1.807, 2.05) is 0 Å². The van der Waals surface area contributed by atoms with Crippen LogP contribution >= 0.6 is 0 Å². The minimum absolute atomic E-state index is 0.0842. The smallest absolute Gasteiger partial charge is 0.0799 e. The van der Waals surface area contributed by atoms with Gasteiger partial charge in [-0.25, -0.2) is 0 Å². The van der Waals surface area contributed by atoms with Crippen LogP contribution in [0.5, 0.6) is 0 Å². The van der Waals surface area contributed by atoms with Crippen molar-refractivity contribution in [1.29, 1.82) is 0 Å². The highest BCUT2D eigenvalue weighted by Crippen LogP contribution is 2.31. The molecule has 0 aromatic heterocycles. The minimum Gasteiger partial charge on any atom is -0.394 e. The molecule has 0 aliphatic rings. The molecule has 0 saturated heterocycles. The second-order valence-electron chi connectivity index (χ2n) is 6.81. The maximum Gasteiger partial charge on any atom is 0.0799 e. The highest BCUT2D eigenvalue weighted by molar-refractivity contribution is 4.75. The maximum absolute atomic E-state index is 10.2. The summed E-state index contributed by atoms with van der Waals surface area (Å²) in [4.78, 5) is 0. The van der Waals surface area contributed by atoms with E-state index in [0.29, 0.717) is 11.8 Å². The summed E-state index contributed by atoms with van der Waals surface area (Å²) in [5.41, 5.74) is 0. The molecule has 2 N–H and O–H groups in total. The van der Waals surface area contributed by atoms with Crippen LogP contribution in [0.15, 0.2) is 0 Å². The molecule has 0 spiro atoms. The van der Waals surface area contributed by atoms with E-state index in [1.165, 1.54) is 51.4 Å². The first kappa shape index (κ1) is 20.9. The van der Waals surface area contributed by atoms with Gasteiger partial charge in [0.2, 0.25) is 0 Å². The molecule has 3 unspecified atom stereocenters. The van der Waals surface area contributed by atoms with Crippen LogP contribution < -0.4 is 0 Å². The Morgan fingerprint density at radius 2 is 1.19 bits per heavy atom. The van der Waals surface area contributed by atoms with Gasteiger partial charge < -0.3 is 10.2 Å². The Morgan fingerprint density at radius 1 is 0.762 bits per heavy atom. The van der Waals surface area contributed by atoms with Crippen LogP contribution in [-0.2, 0) is 0 Å². The molecule has 0 radical (unpaired) electrons. The summed E-state index contributed by atoms with van der Waals surface area (Å²) >= 11 is 0. The first-order valence-corrected chi connectivity index (χ1v) is 9.41. The first-order chi connectivity index (χ1) is 10.1. The Labute approximate surface area is 133 Å². The third-order valence-corrected chi connectivity index (χ3v) is 5.09. The van der Waals surface area contributed by atoms with Gasteiger partial charge in [-0.1, -0.05) is 79.1 Å². The molecule has 0 aliphatic heterocycles. The van der Waals surface area contributed by atoms with Crippen molar-refractivity contribution in [2.45, 2.75) is 98.0 Å². The quantitative estimate of drug-likeness (QED) is 0.464. The zero-order valence-corrected chi connectivity index (χ0v) is 15.0. The summed E-state index contributed by atoms with van der Waals surface area (Å²) in [6.45, 7) is 8.92. The fourth-order valence-corrected chi connectivity index (χ4v) is 3.38. The molecule has 0 fully saturated rings. The maximum atomic E-state index is 10.2. The fourth-order valence-electron chi connectivity index (χ4n) is 3.38. The van der Waals surface area contributed by atoms with Gasteiger partial charge >= 0.3 is 0 Å². The summed E-state index contributed by atoms with van der Waals surface area (Å²) in [7, 11) is 0. The Morgan fingerprint density at radius 3 is 1.48 bits per heavy atom. The highest BCUT2D eigenvalue weighted by atomic mass is 16.3. The standard InChI is InChI=1S/C19H40O2/c1-5-9-11-16(7-3)13-18(19(21)15-20)14-17(8-4)12-10-6-2/h16-21H,5-15H2,1-4H3. The van der Waals surface area contributed by atoms with Crippen molar-refractivity contribution in [2.24, 2.45) is 17.8 Å². The summed E-state index contributed by atoms with van der Waals surface area (Å²) in [5.74, 6) is 1.69. The molecule has 21 heavy (non-hydrogen) atoms. The van der Waals surface area contributed by atoms with Gasteiger partial charge in [-0.05, 0) is 30.6 Å². The van der Waals surface area contributed by atoms with Crippen molar-refractivity contribution >= 4 is 0 Å². The van der Waals surface area contributed by atoms with Crippen molar-refractivity contribution in [3.8, 4) is 0 Å². The van der Waals surface area contributed by atoms with E-state index in [4.69, 9.17) is 0 Å². The lowest BCUT2D eigenvalue weighted by molar-refractivity contribution is 0.0249. The second kappa shape index (κ2) is 13.6. The van der Waals surface area contributed by atoms with Crippen molar-refractivity contribution in [1.82, 2.24) is 0 Å². The Balaban J connectivity index is 4.53. The molecule has 0 aromatic carbocycles. The first-order valence-electron chi connectivity index (χ1n) is 9.41. The van der Waals surface area contributed by atoms with Gasteiger partial charge in [-0.15, -0.1) is 0 Å². The second-order valence-corrected chi connectivity index (χ2v) is 6.81. The van der Waals surface area contributed by atoms with Crippen LogP contribution in [0.4, 0.5) is 0 Å². The van der Waals surface area contributed by atoms with E-state index in [9.17, 15) is 10.2 Å². The third kappa shape index (κ3) is 9.52. The van der Waals surface area contributed by atoms with E-state index in [2.05, 4.69) is 27.7 Å². The van der Waals surface area contributed by atoms with Crippen molar-refractivity contribution in [3.05, 3.63) is 0 Å². The molecule has 0 saturated carbocycles. The van der Waals surface area contributed by atoms with Gasteiger partial charge in [0, 0.05) is 0 Å². The zero-order chi connectivity index (χ0) is 16.1. The zero-order valence-electron chi connectivity index (χ0n) is 15.0. The Hall–Kier alpha value is -0.0800. The van der Waals surface area contributed by atoms with Gasteiger partial charge in [0.25, 0.3) is 0 Å². The van der Waals surface area contributed by atoms with Crippen LogP contribution in [-0.4, -0.2) is 22.9 Å². The molecule has 2 heteroatoms. The average molecular weight is 301 g/mol. The number of unbranched alkanes of at least 4 members (excludes halogenated alkanes) is 2. The molecule has 0 aromatic rings. The Bertz CT molecular complexity index is 200. The molecule has 128 valence electrons. The lowest BCUT2D eigenvalue weighted by Gasteiger charge is -2.29. The fraction of sp³-hybridized carbons (Fsp3) is 1.00. The summed E-state index contributed by atoms with van der Waals surface area (Å²) in [5, 5.41) is 19.6. The predicted molar refractivity (Wildman–Crippen MR) is 92.4 cm³/mol. The number of rotatable bonds is 14. The van der Waals surface area contributed by atoms with Crippen LogP contribution in [0.3, 0.4) is 0 Å². The number of aliphatic hydroxyl groups is 2. The molecule has 2 nitrogen and oxygen atoms in total. The average Bonchev–Trinajstić information content (AvgIpc) is 2.52. The topological polar surface area (TPSA) is 40.5 Å². The summed E-state index contributed by atoms with van der Waals surface area (Å²) in [6, 6.07) is 0. The predicted octanol–water partition coefficient (Wildman–Crippen LogP) is 5.17. The summed E-state index contributed by atoms with van der Waals surface area (Å²) < 4.78 is 0. The normalized spacial score (nSPS) is 17.4. The molecule has 0 rings (SSSR count). The van der Waals surface area contributed by atoms with Gasteiger partial charge in [0.1, 0.15) is 0 Å². The Kier molecular flexibility index (Phi) is 13.5. The van der Waals surface area contributed by atoms with Gasteiger partial charge in [-0.2, -0.15) is 0 Å². The van der Waals surface area contributed by atoms with Crippen molar-refractivity contribution < 1.29 is 10.2 Å². The van der Waals surface area contributed by atoms with Gasteiger partial charge in [-0.3, -0.25) is 0 Å². The van der Waals surface area contributed by atoms with E-state index < -0.39 is 6.10 Å². The minimum atomic E-state index is -0.531.